The number of ether oxygens (including phenoxy) is 1. The second-order valence-corrected chi connectivity index (χ2v) is 8.72. The fraction of sp³-hybridized carbons (Fsp3) is 0.250. The van der Waals surface area contributed by atoms with Crippen molar-refractivity contribution in [3.05, 3.63) is 76.3 Å². The summed E-state index contributed by atoms with van der Waals surface area (Å²) in [7, 11) is 0. The standard InChI is InChI=1S/C24H22N4O4S/c25-12-20-19-3-1-18(15-32-24(30)27-13-16-5-8-26-9-6-16)11-21(19)33-23(20)28-22(29)4-2-17-7-10-31-14-17/h2,4-10,14,18H,1,3,11,13,15H2,(H,27,30)(H,28,29). The van der Waals surface area contributed by atoms with Gasteiger partial charge in [0.05, 0.1) is 24.7 Å². The van der Waals surface area contributed by atoms with Crippen molar-refractivity contribution in [2.45, 2.75) is 25.8 Å². The monoisotopic (exact) mass is 462 g/mol. The lowest BCUT2D eigenvalue weighted by atomic mass is 9.88. The summed E-state index contributed by atoms with van der Waals surface area (Å²) in [5, 5.41) is 15.8. The number of carbonyl (C=O) groups excluding carboxylic acids is 2. The van der Waals surface area contributed by atoms with Crippen molar-refractivity contribution >= 4 is 34.4 Å². The van der Waals surface area contributed by atoms with Gasteiger partial charge >= 0.3 is 6.09 Å². The third kappa shape index (κ3) is 5.87. The zero-order valence-electron chi connectivity index (χ0n) is 17.7. The van der Waals surface area contributed by atoms with Crippen molar-refractivity contribution < 1.29 is 18.7 Å². The Morgan fingerprint density at radius 1 is 1.33 bits per heavy atom. The average molecular weight is 463 g/mol. The zero-order valence-corrected chi connectivity index (χ0v) is 18.6. The molecular weight excluding hydrogens is 440 g/mol. The Hall–Kier alpha value is -3.90. The van der Waals surface area contributed by atoms with E-state index >= 15 is 0 Å². The first-order valence-corrected chi connectivity index (χ1v) is 11.3. The molecule has 0 spiro atoms. The number of pyridine rings is 1. The van der Waals surface area contributed by atoms with Gasteiger partial charge in [0.2, 0.25) is 5.91 Å². The number of anilines is 1. The van der Waals surface area contributed by atoms with Crippen LogP contribution in [0.2, 0.25) is 0 Å². The van der Waals surface area contributed by atoms with Crippen molar-refractivity contribution in [2.75, 3.05) is 11.9 Å². The molecule has 1 aliphatic rings. The van der Waals surface area contributed by atoms with E-state index in [1.165, 1.54) is 29.9 Å². The molecule has 0 fully saturated rings. The van der Waals surface area contributed by atoms with Gasteiger partial charge in [-0.2, -0.15) is 5.26 Å². The number of fused-ring (bicyclic) bond motifs is 1. The van der Waals surface area contributed by atoms with Gasteiger partial charge < -0.3 is 19.8 Å². The maximum absolute atomic E-state index is 12.3. The van der Waals surface area contributed by atoms with Crippen LogP contribution in [-0.4, -0.2) is 23.6 Å². The molecule has 0 saturated carbocycles. The number of furan rings is 1. The van der Waals surface area contributed by atoms with E-state index in [1.807, 2.05) is 12.1 Å². The zero-order chi connectivity index (χ0) is 23.0. The first kappa shape index (κ1) is 22.3. The lowest BCUT2D eigenvalue weighted by Crippen LogP contribution is -2.27. The number of rotatable bonds is 7. The van der Waals surface area contributed by atoms with Gasteiger partial charge in [0, 0.05) is 35.5 Å². The van der Waals surface area contributed by atoms with Crippen LogP contribution in [0.3, 0.4) is 0 Å². The Bertz CT molecular complexity index is 1180. The molecule has 33 heavy (non-hydrogen) atoms. The third-order valence-electron chi connectivity index (χ3n) is 5.32. The minimum absolute atomic E-state index is 0.166. The molecule has 1 atom stereocenters. The number of nitriles is 1. The topological polar surface area (TPSA) is 117 Å². The predicted octanol–water partition coefficient (Wildman–Crippen LogP) is 4.29. The summed E-state index contributed by atoms with van der Waals surface area (Å²) in [5.41, 5.74) is 3.23. The van der Waals surface area contributed by atoms with Gasteiger partial charge in [0.25, 0.3) is 0 Å². The Morgan fingerprint density at radius 3 is 2.94 bits per heavy atom. The number of thiophene rings is 1. The largest absolute Gasteiger partial charge is 0.472 e. The second-order valence-electron chi connectivity index (χ2n) is 7.62. The summed E-state index contributed by atoms with van der Waals surface area (Å²) in [4.78, 5) is 29.3. The maximum atomic E-state index is 12.3. The molecule has 3 aromatic rings. The van der Waals surface area contributed by atoms with Crippen molar-refractivity contribution in [2.24, 2.45) is 5.92 Å². The first-order valence-electron chi connectivity index (χ1n) is 10.5. The molecule has 1 unspecified atom stereocenters. The van der Waals surface area contributed by atoms with Crippen molar-refractivity contribution in [3.8, 4) is 6.07 Å². The molecule has 3 aromatic heterocycles. The highest BCUT2D eigenvalue weighted by Gasteiger charge is 2.27. The van der Waals surface area contributed by atoms with E-state index in [0.717, 1.165) is 28.0 Å². The predicted molar refractivity (Wildman–Crippen MR) is 123 cm³/mol. The van der Waals surface area contributed by atoms with Crippen LogP contribution in [0.1, 0.15) is 33.6 Å². The molecule has 9 heteroatoms. The van der Waals surface area contributed by atoms with Crippen LogP contribution in [0.5, 0.6) is 0 Å². The molecule has 1 aliphatic carbocycles. The minimum Gasteiger partial charge on any atom is -0.472 e. The fourth-order valence-corrected chi connectivity index (χ4v) is 4.93. The Labute approximate surface area is 194 Å². The van der Waals surface area contributed by atoms with E-state index < -0.39 is 6.09 Å². The van der Waals surface area contributed by atoms with E-state index in [2.05, 4.69) is 21.7 Å². The van der Waals surface area contributed by atoms with E-state index in [-0.39, 0.29) is 11.8 Å². The lowest BCUT2D eigenvalue weighted by Gasteiger charge is -2.21. The summed E-state index contributed by atoms with van der Waals surface area (Å²) >= 11 is 1.41. The van der Waals surface area contributed by atoms with Gasteiger partial charge in [-0.1, -0.05) is 0 Å². The van der Waals surface area contributed by atoms with E-state index in [0.29, 0.717) is 36.6 Å². The number of alkyl carbamates (subject to hydrolysis) is 1. The molecule has 3 heterocycles. The number of amides is 2. The second kappa shape index (κ2) is 10.6. The number of hydrogen-bond acceptors (Lipinski definition) is 7. The van der Waals surface area contributed by atoms with Gasteiger partial charge in [-0.3, -0.25) is 9.78 Å². The van der Waals surface area contributed by atoms with E-state index in [9.17, 15) is 14.9 Å². The molecule has 0 saturated heterocycles. The van der Waals surface area contributed by atoms with Crippen LogP contribution in [0, 0.1) is 17.2 Å². The van der Waals surface area contributed by atoms with E-state index in [4.69, 9.17) is 9.15 Å². The van der Waals surface area contributed by atoms with Gasteiger partial charge in [0.1, 0.15) is 11.1 Å². The SMILES string of the molecule is N#Cc1c(NC(=O)C=Cc2ccoc2)sc2c1CCC(COC(=O)NCc1ccncc1)C2. The summed E-state index contributed by atoms with van der Waals surface area (Å²) in [5.74, 6) is -0.143. The molecule has 168 valence electrons. The molecule has 4 rings (SSSR count). The van der Waals surface area contributed by atoms with E-state index in [1.54, 1.807) is 24.5 Å². The normalized spacial score (nSPS) is 14.9. The highest BCUT2D eigenvalue weighted by Crippen LogP contribution is 2.39. The third-order valence-corrected chi connectivity index (χ3v) is 6.49. The summed E-state index contributed by atoms with van der Waals surface area (Å²) in [6.45, 7) is 0.682. The van der Waals surface area contributed by atoms with Crippen LogP contribution < -0.4 is 10.6 Å². The number of aromatic nitrogens is 1. The molecule has 0 aromatic carbocycles. The number of carbonyl (C=O) groups is 2. The highest BCUT2D eigenvalue weighted by molar-refractivity contribution is 7.16. The number of hydrogen-bond donors (Lipinski definition) is 2. The van der Waals surface area contributed by atoms with Crippen molar-refractivity contribution in [1.82, 2.24) is 10.3 Å². The van der Waals surface area contributed by atoms with Crippen LogP contribution in [-0.2, 0) is 28.9 Å². The van der Waals surface area contributed by atoms with Gasteiger partial charge in [-0.25, -0.2) is 4.79 Å². The van der Waals surface area contributed by atoms with Gasteiger partial charge in [-0.05, 0) is 60.6 Å². The van der Waals surface area contributed by atoms with Crippen LogP contribution >= 0.6 is 11.3 Å². The summed E-state index contributed by atoms with van der Waals surface area (Å²) in [6, 6.07) is 7.64. The van der Waals surface area contributed by atoms with Crippen molar-refractivity contribution in [3.63, 3.8) is 0 Å². The number of nitrogens with zero attached hydrogens (tertiary/aromatic N) is 2. The van der Waals surface area contributed by atoms with Crippen molar-refractivity contribution in [1.29, 1.82) is 5.26 Å². The smallest absolute Gasteiger partial charge is 0.407 e. The molecule has 0 bridgehead atoms. The minimum atomic E-state index is -0.459. The Kier molecular flexibility index (Phi) is 7.17. The molecule has 0 radical (unpaired) electrons. The number of nitrogens with one attached hydrogen (secondary N) is 2. The quantitative estimate of drug-likeness (QED) is 0.506. The van der Waals surface area contributed by atoms with Gasteiger partial charge in [0.15, 0.2) is 0 Å². The fourth-order valence-electron chi connectivity index (χ4n) is 3.62. The molecule has 0 aliphatic heterocycles. The average Bonchev–Trinajstić information content (AvgIpc) is 3.47. The maximum Gasteiger partial charge on any atom is 0.407 e. The molecule has 8 nitrogen and oxygen atoms in total. The Balaban J connectivity index is 1.31. The highest BCUT2D eigenvalue weighted by atomic mass is 32.1. The molecule has 2 N–H and O–H groups in total. The first-order chi connectivity index (χ1) is 16.1. The lowest BCUT2D eigenvalue weighted by molar-refractivity contribution is -0.111. The van der Waals surface area contributed by atoms with Crippen LogP contribution in [0.15, 0.2) is 53.6 Å². The summed E-state index contributed by atoms with van der Waals surface area (Å²) in [6.07, 6.45) is 11.2. The molecule has 2 amide bonds. The summed E-state index contributed by atoms with van der Waals surface area (Å²) < 4.78 is 10.4. The Morgan fingerprint density at radius 2 is 2.18 bits per heavy atom. The van der Waals surface area contributed by atoms with Crippen LogP contribution in [0.4, 0.5) is 9.80 Å². The van der Waals surface area contributed by atoms with Gasteiger partial charge in [-0.15, -0.1) is 11.3 Å². The molecular formula is C24H22N4O4S. The van der Waals surface area contributed by atoms with Crippen LogP contribution in [0.25, 0.3) is 6.08 Å².